The summed E-state index contributed by atoms with van der Waals surface area (Å²) in [7, 11) is 3.12. The van der Waals surface area contributed by atoms with Crippen molar-refractivity contribution in [2.45, 2.75) is 6.92 Å². The van der Waals surface area contributed by atoms with Crippen LogP contribution in [-0.2, 0) is 4.79 Å². The number of nitrogens with one attached hydrogen (secondary N) is 1. The number of methoxy groups -OCH3 is 2. The van der Waals surface area contributed by atoms with E-state index in [0.29, 0.717) is 22.8 Å². The number of anilines is 1. The van der Waals surface area contributed by atoms with E-state index in [-0.39, 0.29) is 11.9 Å². The summed E-state index contributed by atoms with van der Waals surface area (Å²) in [4.78, 5) is 12.5. The lowest BCUT2D eigenvalue weighted by Gasteiger charge is -2.08. The SMILES string of the molecule is COc1ccc(C=C2C(=O)N(c3nn[nH]n3)N=C2C)cc1OC. The monoisotopic (exact) mass is 314 g/mol. The van der Waals surface area contributed by atoms with Crippen molar-refractivity contribution in [3.63, 3.8) is 0 Å². The van der Waals surface area contributed by atoms with Crippen molar-refractivity contribution in [1.29, 1.82) is 0 Å². The fraction of sp³-hybridized carbons (Fsp3) is 0.214. The normalized spacial score (nSPS) is 16.0. The average Bonchev–Trinajstić information content (AvgIpc) is 3.18. The van der Waals surface area contributed by atoms with Crippen LogP contribution in [-0.4, -0.2) is 46.5 Å². The van der Waals surface area contributed by atoms with Gasteiger partial charge in [-0.2, -0.15) is 15.3 Å². The van der Waals surface area contributed by atoms with E-state index < -0.39 is 0 Å². The molecular weight excluding hydrogens is 300 g/mol. The maximum atomic E-state index is 12.5. The maximum Gasteiger partial charge on any atom is 0.293 e. The van der Waals surface area contributed by atoms with Gasteiger partial charge >= 0.3 is 0 Å². The third-order valence-corrected chi connectivity index (χ3v) is 3.30. The smallest absolute Gasteiger partial charge is 0.293 e. The van der Waals surface area contributed by atoms with E-state index in [2.05, 4.69) is 25.7 Å². The number of aromatic amines is 1. The van der Waals surface area contributed by atoms with E-state index in [1.165, 1.54) is 0 Å². The first kappa shape index (κ1) is 14.7. The number of benzene rings is 1. The molecule has 1 aromatic heterocycles. The van der Waals surface area contributed by atoms with E-state index in [1.807, 2.05) is 6.07 Å². The first-order chi connectivity index (χ1) is 11.1. The molecule has 0 saturated heterocycles. The number of carbonyl (C=O) groups excluding carboxylic acids is 1. The summed E-state index contributed by atoms with van der Waals surface area (Å²) in [6.45, 7) is 1.74. The van der Waals surface area contributed by atoms with Gasteiger partial charge in [0.15, 0.2) is 11.5 Å². The number of rotatable bonds is 4. The molecule has 3 rings (SSSR count). The molecule has 0 spiro atoms. The lowest BCUT2D eigenvalue weighted by Crippen LogP contribution is -2.22. The molecule has 0 aliphatic carbocycles. The molecule has 0 unspecified atom stereocenters. The van der Waals surface area contributed by atoms with Gasteiger partial charge in [-0.05, 0) is 35.9 Å². The summed E-state index contributed by atoms with van der Waals surface area (Å²) in [5.41, 5.74) is 1.80. The summed E-state index contributed by atoms with van der Waals surface area (Å²) >= 11 is 0. The minimum atomic E-state index is -0.321. The highest BCUT2D eigenvalue weighted by atomic mass is 16.5. The number of hydrogen-bond acceptors (Lipinski definition) is 7. The second-order valence-corrected chi connectivity index (χ2v) is 4.69. The Morgan fingerprint density at radius 3 is 2.65 bits per heavy atom. The number of hydrazone groups is 1. The van der Waals surface area contributed by atoms with Gasteiger partial charge in [0.2, 0.25) is 0 Å². The fourth-order valence-electron chi connectivity index (χ4n) is 2.18. The Morgan fingerprint density at radius 1 is 1.22 bits per heavy atom. The van der Waals surface area contributed by atoms with Crippen molar-refractivity contribution in [3.05, 3.63) is 29.3 Å². The Bertz CT molecular complexity index is 797. The molecule has 0 saturated carbocycles. The molecule has 23 heavy (non-hydrogen) atoms. The highest BCUT2D eigenvalue weighted by Gasteiger charge is 2.31. The van der Waals surface area contributed by atoms with Crippen LogP contribution in [0.15, 0.2) is 28.9 Å². The molecular formula is C14H14N6O3. The van der Waals surface area contributed by atoms with Crippen molar-refractivity contribution < 1.29 is 14.3 Å². The Balaban J connectivity index is 1.94. The van der Waals surface area contributed by atoms with E-state index in [4.69, 9.17) is 9.47 Å². The molecule has 1 aromatic carbocycles. The van der Waals surface area contributed by atoms with E-state index in [1.54, 1.807) is 39.4 Å². The lowest BCUT2D eigenvalue weighted by molar-refractivity contribution is -0.114. The zero-order valence-electron chi connectivity index (χ0n) is 12.8. The Kier molecular flexibility index (Phi) is 3.75. The third kappa shape index (κ3) is 2.63. The third-order valence-electron chi connectivity index (χ3n) is 3.30. The number of amides is 1. The number of carbonyl (C=O) groups is 1. The zero-order valence-corrected chi connectivity index (χ0v) is 12.8. The number of hydrogen-bond donors (Lipinski definition) is 1. The largest absolute Gasteiger partial charge is 0.493 e. The molecule has 1 aliphatic heterocycles. The molecule has 9 heteroatoms. The maximum absolute atomic E-state index is 12.5. The van der Waals surface area contributed by atoms with E-state index in [9.17, 15) is 4.79 Å². The van der Waals surface area contributed by atoms with Gasteiger partial charge in [-0.1, -0.05) is 11.2 Å². The van der Waals surface area contributed by atoms with Gasteiger partial charge in [0.05, 0.1) is 25.5 Å². The number of ether oxygens (including phenoxy) is 2. The van der Waals surface area contributed by atoms with Gasteiger partial charge in [0, 0.05) is 0 Å². The van der Waals surface area contributed by atoms with Crippen LogP contribution in [0, 0.1) is 0 Å². The van der Waals surface area contributed by atoms with Crippen LogP contribution in [0.1, 0.15) is 12.5 Å². The molecule has 1 N–H and O–H groups in total. The van der Waals surface area contributed by atoms with Crippen molar-refractivity contribution >= 4 is 23.6 Å². The van der Waals surface area contributed by atoms with E-state index in [0.717, 1.165) is 10.6 Å². The first-order valence-corrected chi connectivity index (χ1v) is 6.71. The van der Waals surface area contributed by atoms with Crippen molar-refractivity contribution in [3.8, 4) is 11.5 Å². The van der Waals surface area contributed by atoms with Gasteiger partial charge in [-0.15, -0.1) is 5.10 Å². The van der Waals surface area contributed by atoms with Crippen LogP contribution in [0.2, 0.25) is 0 Å². The molecule has 118 valence electrons. The van der Waals surface area contributed by atoms with Gasteiger partial charge < -0.3 is 9.47 Å². The van der Waals surface area contributed by atoms with Crippen LogP contribution in [0.5, 0.6) is 11.5 Å². The van der Waals surface area contributed by atoms with Crippen LogP contribution in [0.4, 0.5) is 5.95 Å². The van der Waals surface area contributed by atoms with Crippen LogP contribution < -0.4 is 14.5 Å². The van der Waals surface area contributed by atoms with Crippen molar-refractivity contribution in [1.82, 2.24) is 20.6 Å². The Hall–Kier alpha value is -3.23. The van der Waals surface area contributed by atoms with Gasteiger partial charge in [-0.3, -0.25) is 4.79 Å². The summed E-state index contributed by atoms with van der Waals surface area (Å²) in [5.74, 6) is 0.979. The summed E-state index contributed by atoms with van der Waals surface area (Å²) in [6.07, 6.45) is 1.73. The second-order valence-electron chi connectivity index (χ2n) is 4.69. The number of aromatic nitrogens is 4. The molecule has 0 fully saturated rings. The summed E-state index contributed by atoms with van der Waals surface area (Å²) in [5, 5.41) is 18.5. The second kappa shape index (κ2) is 5.87. The van der Waals surface area contributed by atoms with Crippen LogP contribution >= 0.6 is 0 Å². The minimum absolute atomic E-state index is 0.102. The van der Waals surface area contributed by atoms with Gasteiger partial charge in [0.1, 0.15) is 0 Å². The fourth-order valence-corrected chi connectivity index (χ4v) is 2.18. The Labute approximate surface area is 131 Å². The molecule has 0 atom stereocenters. The molecule has 2 aromatic rings. The summed E-state index contributed by atoms with van der Waals surface area (Å²) in [6, 6.07) is 5.38. The molecule has 1 aliphatic rings. The quantitative estimate of drug-likeness (QED) is 0.845. The van der Waals surface area contributed by atoms with Crippen LogP contribution in [0.3, 0.4) is 0 Å². The Morgan fingerprint density at radius 2 is 2.00 bits per heavy atom. The number of H-pyrrole nitrogens is 1. The van der Waals surface area contributed by atoms with E-state index >= 15 is 0 Å². The standard InChI is InChI=1S/C14H14N6O3/c1-8-10(13(21)20(17-8)14-15-18-19-16-14)6-9-4-5-11(22-2)12(7-9)23-3/h4-7H,1-3H3,(H,15,16,18,19). The predicted octanol–water partition coefficient (Wildman–Crippen LogP) is 1.02. The molecule has 0 radical (unpaired) electrons. The average molecular weight is 314 g/mol. The predicted molar refractivity (Wildman–Crippen MR) is 82.3 cm³/mol. The van der Waals surface area contributed by atoms with Crippen molar-refractivity contribution in [2.24, 2.45) is 5.10 Å². The van der Waals surface area contributed by atoms with Gasteiger partial charge in [0.25, 0.3) is 11.9 Å². The molecule has 0 bridgehead atoms. The molecule has 9 nitrogen and oxygen atoms in total. The highest BCUT2D eigenvalue weighted by Crippen LogP contribution is 2.29. The topological polar surface area (TPSA) is 106 Å². The summed E-state index contributed by atoms with van der Waals surface area (Å²) < 4.78 is 10.5. The number of tetrazole rings is 1. The number of nitrogens with zero attached hydrogens (tertiary/aromatic N) is 5. The molecule has 1 amide bonds. The molecule has 2 heterocycles. The zero-order chi connectivity index (χ0) is 16.4. The minimum Gasteiger partial charge on any atom is -0.493 e. The van der Waals surface area contributed by atoms with Crippen molar-refractivity contribution in [2.75, 3.05) is 19.2 Å². The highest BCUT2D eigenvalue weighted by molar-refractivity contribution is 6.31. The van der Waals surface area contributed by atoms with Crippen LogP contribution in [0.25, 0.3) is 6.08 Å². The van der Waals surface area contributed by atoms with Gasteiger partial charge in [-0.25, -0.2) is 0 Å². The first-order valence-electron chi connectivity index (χ1n) is 6.71. The lowest BCUT2D eigenvalue weighted by atomic mass is 10.1.